The van der Waals surface area contributed by atoms with Crippen molar-refractivity contribution in [2.24, 2.45) is 0 Å². The van der Waals surface area contributed by atoms with Crippen LogP contribution in [0.5, 0.6) is 0 Å². The number of aromatic nitrogens is 1. The highest BCUT2D eigenvalue weighted by Gasteiger charge is 2.26. The van der Waals surface area contributed by atoms with Crippen LogP contribution in [0.25, 0.3) is 11.6 Å². The van der Waals surface area contributed by atoms with Crippen molar-refractivity contribution in [2.45, 2.75) is 13.8 Å². The molecule has 9 heteroatoms. The minimum Gasteiger partial charge on any atom is -0.358 e. The number of benzene rings is 1. The molecule has 1 aromatic heterocycles. The standard InChI is InChI=1S/C22H22N6O3/c1-12-18(10-16-15-9-14(11-23)3-4-17(15)27-20(16)29)26-13(2)19(12)21(30)24-5-7-28-8-6-25-22(28)31/h3-4,9-10,26H,5-8H2,1-2H3,(H,24,30)(H,25,31)(H,27,29)/b16-10-. The average Bonchev–Trinajstić information content (AvgIpc) is 3.38. The summed E-state index contributed by atoms with van der Waals surface area (Å²) < 4.78 is 0. The molecule has 4 rings (SSSR count). The summed E-state index contributed by atoms with van der Waals surface area (Å²) >= 11 is 0. The third-order valence-electron chi connectivity index (χ3n) is 5.54. The second kappa shape index (κ2) is 7.99. The molecule has 1 saturated heterocycles. The molecule has 9 nitrogen and oxygen atoms in total. The Balaban J connectivity index is 1.55. The Morgan fingerprint density at radius 1 is 1.32 bits per heavy atom. The number of carbonyl (C=O) groups is 3. The molecular formula is C22H22N6O3. The van der Waals surface area contributed by atoms with E-state index < -0.39 is 0 Å². The number of hydrogen-bond acceptors (Lipinski definition) is 4. The summed E-state index contributed by atoms with van der Waals surface area (Å²) in [6.07, 6.45) is 1.70. The maximum Gasteiger partial charge on any atom is 0.317 e. The van der Waals surface area contributed by atoms with Crippen LogP contribution in [0, 0.1) is 25.2 Å². The number of aryl methyl sites for hydroxylation is 1. The molecule has 0 radical (unpaired) electrons. The number of nitriles is 1. The Kier molecular flexibility index (Phi) is 5.21. The number of nitrogens with one attached hydrogen (secondary N) is 4. The Morgan fingerprint density at radius 2 is 2.13 bits per heavy atom. The van der Waals surface area contributed by atoms with Gasteiger partial charge in [0.05, 0.1) is 22.8 Å². The van der Waals surface area contributed by atoms with Gasteiger partial charge in [0.2, 0.25) is 0 Å². The number of fused-ring (bicyclic) bond motifs is 1. The van der Waals surface area contributed by atoms with Gasteiger partial charge in [-0.15, -0.1) is 0 Å². The van der Waals surface area contributed by atoms with Gasteiger partial charge < -0.3 is 25.8 Å². The van der Waals surface area contributed by atoms with Crippen LogP contribution in [-0.2, 0) is 4.79 Å². The topological polar surface area (TPSA) is 130 Å². The van der Waals surface area contributed by atoms with Crippen LogP contribution in [0.3, 0.4) is 0 Å². The molecule has 2 aliphatic rings. The normalized spacial score (nSPS) is 16.2. The smallest absolute Gasteiger partial charge is 0.317 e. The average molecular weight is 418 g/mol. The first-order chi connectivity index (χ1) is 14.9. The van der Waals surface area contributed by atoms with E-state index in [1.54, 1.807) is 36.1 Å². The summed E-state index contributed by atoms with van der Waals surface area (Å²) in [6, 6.07) is 7.00. The van der Waals surface area contributed by atoms with Crippen LogP contribution in [0.15, 0.2) is 18.2 Å². The molecule has 1 fully saturated rings. The second-order valence-electron chi connectivity index (χ2n) is 7.52. The number of rotatable bonds is 5. The van der Waals surface area contributed by atoms with Gasteiger partial charge in [-0.1, -0.05) is 0 Å². The third kappa shape index (κ3) is 3.75. The van der Waals surface area contributed by atoms with Crippen LogP contribution in [0.1, 0.15) is 38.4 Å². The van der Waals surface area contributed by atoms with Crippen molar-refractivity contribution >= 4 is 35.2 Å². The zero-order chi connectivity index (χ0) is 22.1. The molecule has 4 N–H and O–H groups in total. The summed E-state index contributed by atoms with van der Waals surface area (Å²) in [5.41, 5.74) is 4.79. The molecule has 158 valence electrons. The molecule has 31 heavy (non-hydrogen) atoms. The lowest BCUT2D eigenvalue weighted by Gasteiger charge is -2.14. The number of urea groups is 1. The van der Waals surface area contributed by atoms with E-state index in [1.807, 2.05) is 6.92 Å². The maximum absolute atomic E-state index is 12.8. The van der Waals surface area contributed by atoms with E-state index >= 15 is 0 Å². The molecular weight excluding hydrogens is 396 g/mol. The Bertz CT molecular complexity index is 1170. The second-order valence-corrected chi connectivity index (χ2v) is 7.52. The van der Waals surface area contributed by atoms with Crippen LogP contribution < -0.4 is 16.0 Å². The van der Waals surface area contributed by atoms with Gasteiger partial charge in [0, 0.05) is 48.8 Å². The first-order valence-electron chi connectivity index (χ1n) is 9.96. The highest BCUT2D eigenvalue weighted by molar-refractivity contribution is 6.35. The summed E-state index contributed by atoms with van der Waals surface area (Å²) in [5, 5.41) is 17.5. The van der Waals surface area contributed by atoms with E-state index in [9.17, 15) is 14.4 Å². The number of carbonyl (C=O) groups excluding carboxylic acids is 3. The van der Waals surface area contributed by atoms with Gasteiger partial charge in [-0.3, -0.25) is 9.59 Å². The first kappa shape index (κ1) is 20.2. The fourth-order valence-corrected chi connectivity index (χ4v) is 3.92. The number of hydrogen-bond donors (Lipinski definition) is 4. The highest BCUT2D eigenvalue weighted by atomic mass is 16.2. The van der Waals surface area contributed by atoms with E-state index in [0.29, 0.717) is 65.5 Å². The molecule has 0 spiro atoms. The SMILES string of the molecule is Cc1[nH]c(/C=C2\C(=O)Nc3ccc(C#N)cc32)c(C)c1C(=O)NCCN1CCNC1=O. The molecule has 0 atom stereocenters. The lowest BCUT2D eigenvalue weighted by atomic mass is 10.0. The summed E-state index contributed by atoms with van der Waals surface area (Å²) in [5.74, 6) is -0.495. The quantitative estimate of drug-likeness (QED) is 0.551. The van der Waals surface area contributed by atoms with Gasteiger partial charge in [0.25, 0.3) is 11.8 Å². The molecule has 0 saturated carbocycles. The van der Waals surface area contributed by atoms with Gasteiger partial charge >= 0.3 is 6.03 Å². The maximum atomic E-state index is 12.8. The molecule has 4 amide bonds. The lowest BCUT2D eigenvalue weighted by Crippen LogP contribution is -2.37. The Morgan fingerprint density at radius 3 is 2.84 bits per heavy atom. The zero-order valence-electron chi connectivity index (χ0n) is 17.3. The lowest BCUT2D eigenvalue weighted by molar-refractivity contribution is -0.110. The predicted molar refractivity (Wildman–Crippen MR) is 115 cm³/mol. The Labute approximate surface area is 179 Å². The summed E-state index contributed by atoms with van der Waals surface area (Å²) in [7, 11) is 0. The van der Waals surface area contributed by atoms with Crippen molar-refractivity contribution in [3.8, 4) is 6.07 Å². The first-order valence-corrected chi connectivity index (χ1v) is 9.96. The van der Waals surface area contributed by atoms with E-state index in [1.165, 1.54) is 0 Å². The van der Waals surface area contributed by atoms with Gasteiger partial charge in [-0.25, -0.2) is 4.79 Å². The number of aromatic amines is 1. The molecule has 0 aliphatic carbocycles. The largest absolute Gasteiger partial charge is 0.358 e. The van der Waals surface area contributed by atoms with Gasteiger partial charge in [-0.05, 0) is 43.7 Å². The Hall–Kier alpha value is -4.06. The van der Waals surface area contributed by atoms with Crippen molar-refractivity contribution in [2.75, 3.05) is 31.5 Å². The number of nitrogens with zero attached hydrogens (tertiary/aromatic N) is 2. The van der Waals surface area contributed by atoms with Crippen LogP contribution >= 0.6 is 0 Å². The van der Waals surface area contributed by atoms with E-state index in [2.05, 4.69) is 27.0 Å². The molecule has 3 heterocycles. The minimum atomic E-state index is -0.258. The monoisotopic (exact) mass is 418 g/mol. The van der Waals surface area contributed by atoms with Crippen molar-refractivity contribution in [3.05, 3.63) is 51.8 Å². The third-order valence-corrected chi connectivity index (χ3v) is 5.54. The van der Waals surface area contributed by atoms with Crippen LogP contribution in [-0.4, -0.2) is 53.9 Å². The van der Waals surface area contributed by atoms with Gasteiger partial charge in [-0.2, -0.15) is 5.26 Å². The molecule has 0 bridgehead atoms. The van der Waals surface area contributed by atoms with E-state index in [4.69, 9.17) is 5.26 Å². The minimum absolute atomic E-state index is 0.119. The van der Waals surface area contributed by atoms with E-state index in [-0.39, 0.29) is 17.8 Å². The van der Waals surface area contributed by atoms with Crippen LogP contribution in [0.4, 0.5) is 10.5 Å². The van der Waals surface area contributed by atoms with Crippen molar-refractivity contribution in [1.82, 2.24) is 20.5 Å². The summed E-state index contributed by atoms with van der Waals surface area (Å²) in [6.45, 7) is 5.65. The number of anilines is 1. The van der Waals surface area contributed by atoms with Crippen molar-refractivity contribution < 1.29 is 14.4 Å². The van der Waals surface area contributed by atoms with Gasteiger partial charge in [0.1, 0.15) is 0 Å². The number of amides is 4. The van der Waals surface area contributed by atoms with Crippen LogP contribution in [0.2, 0.25) is 0 Å². The summed E-state index contributed by atoms with van der Waals surface area (Å²) in [4.78, 5) is 41.7. The van der Waals surface area contributed by atoms with Gasteiger partial charge in [0.15, 0.2) is 0 Å². The molecule has 2 aliphatic heterocycles. The number of H-pyrrole nitrogens is 1. The molecule has 0 unspecified atom stereocenters. The molecule has 2 aromatic rings. The highest BCUT2D eigenvalue weighted by Crippen LogP contribution is 2.34. The van der Waals surface area contributed by atoms with E-state index in [0.717, 1.165) is 5.56 Å². The zero-order valence-corrected chi connectivity index (χ0v) is 17.3. The van der Waals surface area contributed by atoms with Crippen molar-refractivity contribution in [3.63, 3.8) is 0 Å². The van der Waals surface area contributed by atoms with Crippen molar-refractivity contribution in [1.29, 1.82) is 5.26 Å². The fraction of sp³-hybridized carbons (Fsp3) is 0.273. The predicted octanol–water partition coefficient (Wildman–Crippen LogP) is 1.75. The molecule has 1 aromatic carbocycles. The fourth-order valence-electron chi connectivity index (χ4n) is 3.92.